The predicted octanol–water partition coefficient (Wildman–Crippen LogP) is 4.37. The van der Waals surface area contributed by atoms with Gasteiger partial charge in [-0.15, -0.1) is 0 Å². The summed E-state index contributed by atoms with van der Waals surface area (Å²) in [5.41, 5.74) is 4.57. The maximum absolute atomic E-state index is 12.6. The van der Waals surface area contributed by atoms with Crippen LogP contribution in [0.3, 0.4) is 0 Å². The number of carbonyl (C=O) groups is 2. The van der Waals surface area contributed by atoms with E-state index < -0.39 is 0 Å². The van der Waals surface area contributed by atoms with Gasteiger partial charge >= 0.3 is 0 Å². The molecule has 5 nitrogen and oxygen atoms in total. The minimum atomic E-state index is -0.102. The van der Waals surface area contributed by atoms with Gasteiger partial charge in [-0.25, -0.2) is 0 Å². The molecular formula is C23H29N3O2. The molecule has 0 bridgehead atoms. The highest BCUT2D eigenvalue weighted by Crippen LogP contribution is 2.16. The summed E-state index contributed by atoms with van der Waals surface area (Å²) in [5, 5.41) is 6.02. The standard InChI is InChI=1S/C23H29N3O2/c1-17-13-18(2)15-21(14-17)25-22(27)16-24-20-9-7-19(8-10-20)23(28)26-11-5-3-4-6-12-26/h7-10,13-15,24H,3-6,11-12,16H2,1-2H3,(H,25,27). The Labute approximate surface area is 167 Å². The van der Waals surface area contributed by atoms with Gasteiger partial charge in [0.1, 0.15) is 0 Å². The zero-order chi connectivity index (χ0) is 19.9. The van der Waals surface area contributed by atoms with Gasteiger partial charge in [0.25, 0.3) is 5.91 Å². The van der Waals surface area contributed by atoms with Gasteiger partial charge in [0.15, 0.2) is 0 Å². The van der Waals surface area contributed by atoms with Crippen LogP contribution in [0.15, 0.2) is 42.5 Å². The first-order chi connectivity index (χ1) is 13.5. The lowest BCUT2D eigenvalue weighted by atomic mass is 10.1. The minimum absolute atomic E-state index is 0.0982. The summed E-state index contributed by atoms with van der Waals surface area (Å²) in [6.45, 7) is 5.88. The van der Waals surface area contributed by atoms with Gasteiger partial charge in [0, 0.05) is 30.0 Å². The maximum Gasteiger partial charge on any atom is 0.253 e. The summed E-state index contributed by atoms with van der Waals surface area (Å²) in [4.78, 5) is 26.8. The van der Waals surface area contributed by atoms with Crippen LogP contribution in [0.4, 0.5) is 11.4 Å². The van der Waals surface area contributed by atoms with Crippen molar-refractivity contribution in [1.29, 1.82) is 0 Å². The molecule has 3 rings (SSSR count). The minimum Gasteiger partial charge on any atom is -0.376 e. The van der Waals surface area contributed by atoms with Crippen molar-refractivity contribution in [2.75, 3.05) is 30.3 Å². The van der Waals surface area contributed by atoms with Crippen molar-refractivity contribution in [1.82, 2.24) is 4.90 Å². The summed E-state index contributed by atoms with van der Waals surface area (Å²) >= 11 is 0. The monoisotopic (exact) mass is 379 g/mol. The van der Waals surface area contributed by atoms with Crippen LogP contribution < -0.4 is 10.6 Å². The predicted molar refractivity (Wildman–Crippen MR) is 114 cm³/mol. The molecule has 0 atom stereocenters. The van der Waals surface area contributed by atoms with E-state index in [1.54, 1.807) is 0 Å². The quantitative estimate of drug-likeness (QED) is 0.811. The fourth-order valence-electron chi connectivity index (χ4n) is 3.62. The highest BCUT2D eigenvalue weighted by atomic mass is 16.2. The van der Waals surface area contributed by atoms with Crippen molar-refractivity contribution in [2.24, 2.45) is 0 Å². The molecule has 0 aliphatic carbocycles. The number of carbonyl (C=O) groups excluding carboxylic acids is 2. The van der Waals surface area contributed by atoms with Crippen molar-refractivity contribution in [3.8, 4) is 0 Å². The van der Waals surface area contributed by atoms with Gasteiger partial charge < -0.3 is 15.5 Å². The third-order valence-electron chi connectivity index (χ3n) is 4.98. The molecule has 2 aromatic rings. The highest BCUT2D eigenvalue weighted by Gasteiger charge is 2.17. The number of rotatable bonds is 5. The average molecular weight is 380 g/mol. The molecule has 1 heterocycles. The van der Waals surface area contributed by atoms with Gasteiger partial charge in [0.2, 0.25) is 5.91 Å². The average Bonchev–Trinajstić information content (AvgIpc) is 2.95. The third kappa shape index (κ3) is 5.59. The Hall–Kier alpha value is -2.82. The Morgan fingerprint density at radius 1 is 0.857 bits per heavy atom. The van der Waals surface area contributed by atoms with E-state index in [9.17, 15) is 9.59 Å². The van der Waals surface area contributed by atoms with E-state index >= 15 is 0 Å². The van der Waals surface area contributed by atoms with Crippen LogP contribution in [0.5, 0.6) is 0 Å². The normalized spacial score (nSPS) is 14.3. The first-order valence-corrected chi connectivity index (χ1v) is 10.0. The Morgan fingerprint density at radius 2 is 1.46 bits per heavy atom. The van der Waals surface area contributed by atoms with Crippen LogP contribution in [-0.4, -0.2) is 36.3 Å². The molecule has 28 heavy (non-hydrogen) atoms. The van der Waals surface area contributed by atoms with Crippen LogP contribution in [0.1, 0.15) is 47.2 Å². The molecular weight excluding hydrogens is 350 g/mol. The fraction of sp³-hybridized carbons (Fsp3) is 0.391. The van der Waals surface area contributed by atoms with E-state index in [1.165, 1.54) is 12.8 Å². The first-order valence-electron chi connectivity index (χ1n) is 10.0. The second-order valence-corrected chi connectivity index (χ2v) is 7.56. The van der Waals surface area contributed by atoms with E-state index in [4.69, 9.17) is 0 Å². The van der Waals surface area contributed by atoms with Crippen LogP contribution in [0.25, 0.3) is 0 Å². The lowest BCUT2D eigenvalue weighted by Gasteiger charge is -2.20. The summed E-state index contributed by atoms with van der Waals surface area (Å²) < 4.78 is 0. The molecule has 0 radical (unpaired) electrons. The molecule has 148 valence electrons. The van der Waals surface area contributed by atoms with E-state index in [-0.39, 0.29) is 18.4 Å². The van der Waals surface area contributed by atoms with Crippen LogP contribution in [-0.2, 0) is 4.79 Å². The van der Waals surface area contributed by atoms with Gasteiger partial charge in [-0.2, -0.15) is 0 Å². The summed E-state index contributed by atoms with van der Waals surface area (Å²) in [6, 6.07) is 13.4. The van der Waals surface area contributed by atoms with Crippen molar-refractivity contribution in [3.05, 3.63) is 59.2 Å². The van der Waals surface area contributed by atoms with Crippen LogP contribution in [0.2, 0.25) is 0 Å². The van der Waals surface area contributed by atoms with Gasteiger partial charge in [-0.05, 0) is 74.2 Å². The molecule has 5 heteroatoms. The van der Waals surface area contributed by atoms with E-state index in [1.807, 2.05) is 55.1 Å². The number of amides is 2. The van der Waals surface area contributed by atoms with E-state index in [2.05, 4.69) is 16.7 Å². The van der Waals surface area contributed by atoms with E-state index in [0.29, 0.717) is 5.56 Å². The lowest BCUT2D eigenvalue weighted by molar-refractivity contribution is -0.114. The Balaban J connectivity index is 1.52. The molecule has 2 aromatic carbocycles. The largest absolute Gasteiger partial charge is 0.376 e. The zero-order valence-electron chi connectivity index (χ0n) is 16.8. The number of hydrogen-bond donors (Lipinski definition) is 2. The smallest absolute Gasteiger partial charge is 0.253 e. The number of nitrogens with one attached hydrogen (secondary N) is 2. The highest BCUT2D eigenvalue weighted by molar-refractivity contribution is 5.95. The van der Waals surface area contributed by atoms with Crippen LogP contribution in [0, 0.1) is 13.8 Å². The molecule has 0 unspecified atom stereocenters. The third-order valence-corrected chi connectivity index (χ3v) is 4.98. The van der Waals surface area contributed by atoms with Crippen molar-refractivity contribution in [2.45, 2.75) is 39.5 Å². The zero-order valence-corrected chi connectivity index (χ0v) is 16.8. The van der Waals surface area contributed by atoms with Crippen molar-refractivity contribution in [3.63, 3.8) is 0 Å². The number of hydrogen-bond acceptors (Lipinski definition) is 3. The fourth-order valence-corrected chi connectivity index (χ4v) is 3.62. The summed E-state index contributed by atoms with van der Waals surface area (Å²) in [7, 11) is 0. The van der Waals surface area contributed by atoms with Gasteiger partial charge in [-0.3, -0.25) is 9.59 Å². The molecule has 1 fully saturated rings. The topological polar surface area (TPSA) is 61.4 Å². The Kier molecular flexibility index (Phi) is 6.69. The second-order valence-electron chi connectivity index (χ2n) is 7.56. The molecule has 2 amide bonds. The number of aryl methyl sites for hydroxylation is 2. The maximum atomic E-state index is 12.6. The molecule has 1 aliphatic rings. The van der Waals surface area contributed by atoms with Gasteiger partial charge in [0.05, 0.1) is 6.54 Å². The lowest BCUT2D eigenvalue weighted by Crippen LogP contribution is -2.31. The molecule has 1 aliphatic heterocycles. The summed E-state index contributed by atoms with van der Waals surface area (Å²) in [6.07, 6.45) is 4.58. The van der Waals surface area contributed by atoms with Crippen molar-refractivity contribution >= 4 is 23.2 Å². The van der Waals surface area contributed by atoms with Crippen LogP contribution >= 0.6 is 0 Å². The molecule has 0 aromatic heterocycles. The Morgan fingerprint density at radius 3 is 2.07 bits per heavy atom. The molecule has 1 saturated heterocycles. The molecule has 0 saturated carbocycles. The second kappa shape index (κ2) is 9.40. The van der Waals surface area contributed by atoms with Gasteiger partial charge in [-0.1, -0.05) is 18.9 Å². The molecule has 0 spiro atoms. The number of likely N-dealkylation sites (tertiary alicyclic amines) is 1. The SMILES string of the molecule is Cc1cc(C)cc(NC(=O)CNc2ccc(C(=O)N3CCCCCC3)cc2)c1. The number of anilines is 2. The van der Waals surface area contributed by atoms with Crippen molar-refractivity contribution < 1.29 is 9.59 Å². The van der Waals surface area contributed by atoms with E-state index in [0.717, 1.165) is 48.4 Å². The molecule has 2 N–H and O–H groups in total. The number of nitrogens with zero attached hydrogens (tertiary/aromatic N) is 1. The number of benzene rings is 2. The summed E-state index contributed by atoms with van der Waals surface area (Å²) in [5.74, 6) is -0.00395. The first kappa shape index (κ1) is 19.9. The Bertz CT molecular complexity index is 802.